The molecule has 106 valence electrons. The SMILES string of the molecule is O=C(Nc1nnc(C2CCCCC2)s1)c1ccc(Br)o1. The Hall–Kier alpha value is -1.21. The second-order valence-electron chi connectivity index (χ2n) is 4.84. The van der Waals surface area contributed by atoms with Gasteiger partial charge in [-0.2, -0.15) is 0 Å². The lowest BCUT2D eigenvalue weighted by Crippen LogP contribution is -2.10. The van der Waals surface area contributed by atoms with Crippen molar-refractivity contribution < 1.29 is 9.21 Å². The molecule has 2 aromatic rings. The molecular formula is C13H14BrN3O2S. The molecule has 1 N–H and O–H groups in total. The van der Waals surface area contributed by atoms with Crippen LogP contribution in [0.5, 0.6) is 0 Å². The summed E-state index contributed by atoms with van der Waals surface area (Å²) in [6.07, 6.45) is 6.17. The number of amides is 1. The van der Waals surface area contributed by atoms with Gasteiger partial charge in [0.05, 0.1) is 0 Å². The van der Waals surface area contributed by atoms with E-state index in [0.29, 0.717) is 15.7 Å². The second kappa shape index (κ2) is 6.05. The lowest BCUT2D eigenvalue weighted by Gasteiger charge is -2.18. The minimum atomic E-state index is -0.304. The molecule has 0 saturated heterocycles. The summed E-state index contributed by atoms with van der Waals surface area (Å²) in [6.45, 7) is 0. The van der Waals surface area contributed by atoms with E-state index in [-0.39, 0.29) is 11.7 Å². The first kappa shape index (κ1) is 13.8. The molecule has 1 amide bonds. The summed E-state index contributed by atoms with van der Waals surface area (Å²) < 4.78 is 5.73. The van der Waals surface area contributed by atoms with Crippen LogP contribution in [0.4, 0.5) is 5.13 Å². The molecule has 3 rings (SSSR count). The molecule has 7 heteroatoms. The van der Waals surface area contributed by atoms with E-state index >= 15 is 0 Å². The van der Waals surface area contributed by atoms with Gasteiger partial charge in [0.2, 0.25) is 5.13 Å². The molecule has 20 heavy (non-hydrogen) atoms. The topological polar surface area (TPSA) is 68.0 Å². The maximum absolute atomic E-state index is 11.9. The van der Waals surface area contributed by atoms with Gasteiger partial charge in [-0.3, -0.25) is 10.1 Å². The van der Waals surface area contributed by atoms with E-state index in [1.807, 2.05) is 0 Å². The Labute approximate surface area is 128 Å². The van der Waals surface area contributed by atoms with E-state index in [2.05, 4.69) is 31.4 Å². The van der Waals surface area contributed by atoms with Crippen LogP contribution in [0.25, 0.3) is 0 Å². The lowest BCUT2D eigenvalue weighted by atomic mass is 9.90. The van der Waals surface area contributed by atoms with Crippen LogP contribution in [-0.2, 0) is 0 Å². The van der Waals surface area contributed by atoms with Gasteiger partial charge < -0.3 is 4.42 Å². The van der Waals surface area contributed by atoms with Crippen molar-refractivity contribution in [1.29, 1.82) is 0 Å². The zero-order valence-electron chi connectivity index (χ0n) is 10.8. The fourth-order valence-corrected chi connectivity index (χ4v) is 3.61. The average Bonchev–Trinajstić information content (AvgIpc) is 3.09. The van der Waals surface area contributed by atoms with Crippen LogP contribution >= 0.6 is 27.3 Å². The van der Waals surface area contributed by atoms with Crippen LogP contribution in [0.3, 0.4) is 0 Å². The first-order valence-electron chi connectivity index (χ1n) is 6.62. The molecule has 0 radical (unpaired) electrons. The maximum atomic E-state index is 11.9. The second-order valence-corrected chi connectivity index (χ2v) is 6.63. The van der Waals surface area contributed by atoms with Gasteiger partial charge in [-0.25, -0.2) is 0 Å². The number of hydrogen-bond acceptors (Lipinski definition) is 5. The number of carbonyl (C=O) groups is 1. The molecule has 2 aromatic heterocycles. The van der Waals surface area contributed by atoms with Crippen LogP contribution in [0.15, 0.2) is 21.2 Å². The maximum Gasteiger partial charge on any atom is 0.293 e. The van der Waals surface area contributed by atoms with Crippen LogP contribution in [-0.4, -0.2) is 16.1 Å². The van der Waals surface area contributed by atoms with E-state index in [9.17, 15) is 4.79 Å². The molecular weight excluding hydrogens is 342 g/mol. The summed E-state index contributed by atoms with van der Waals surface area (Å²) in [6, 6.07) is 3.30. The van der Waals surface area contributed by atoms with Gasteiger partial charge in [-0.05, 0) is 40.9 Å². The number of hydrogen-bond donors (Lipinski definition) is 1. The van der Waals surface area contributed by atoms with E-state index < -0.39 is 0 Å². The Morgan fingerprint density at radius 1 is 1.30 bits per heavy atom. The smallest absolute Gasteiger partial charge is 0.293 e. The molecule has 0 bridgehead atoms. The van der Waals surface area contributed by atoms with Crippen LogP contribution < -0.4 is 5.32 Å². The van der Waals surface area contributed by atoms with Crippen molar-refractivity contribution in [3.05, 3.63) is 27.6 Å². The van der Waals surface area contributed by atoms with Gasteiger partial charge in [-0.15, -0.1) is 10.2 Å². The highest BCUT2D eigenvalue weighted by atomic mass is 79.9. The van der Waals surface area contributed by atoms with Crippen molar-refractivity contribution in [3.8, 4) is 0 Å². The number of aromatic nitrogens is 2. The van der Waals surface area contributed by atoms with Crippen molar-refractivity contribution in [2.75, 3.05) is 5.32 Å². The zero-order valence-corrected chi connectivity index (χ0v) is 13.2. The third-order valence-electron chi connectivity index (χ3n) is 3.41. The van der Waals surface area contributed by atoms with E-state index in [1.54, 1.807) is 12.1 Å². The number of anilines is 1. The molecule has 0 spiro atoms. The highest BCUT2D eigenvalue weighted by Gasteiger charge is 2.20. The lowest BCUT2D eigenvalue weighted by molar-refractivity contribution is 0.0995. The van der Waals surface area contributed by atoms with Crippen molar-refractivity contribution >= 4 is 38.3 Å². The highest BCUT2D eigenvalue weighted by Crippen LogP contribution is 2.35. The predicted molar refractivity (Wildman–Crippen MR) is 80.1 cm³/mol. The molecule has 0 atom stereocenters. The quantitative estimate of drug-likeness (QED) is 0.895. The van der Waals surface area contributed by atoms with Crippen molar-refractivity contribution in [3.63, 3.8) is 0 Å². The molecule has 1 saturated carbocycles. The normalized spacial score (nSPS) is 16.2. The minimum Gasteiger partial charge on any atom is -0.444 e. The minimum absolute atomic E-state index is 0.256. The number of carbonyl (C=O) groups excluding carboxylic acids is 1. The van der Waals surface area contributed by atoms with E-state index in [0.717, 1.165) is 5.01 Å². The third kappa shape index (κ3) is 3.09. The van der Waals surface area contributed by atoms with Gasteiger partial charge in [0, 0.05) is 5.92 Å². The Morgan fingerprint density at radius 3 is 2.80 bits per heavy atom. The van der Waals surface area contributed by atoms with Crippen LogP contribution in [0.1, 0.15) is 53.6 Å². The average molecular weight is 356 g/mol. The molecule has 0 aliphatic heterocycles. The summed E-state index contributed by atoms with van der Waals surface area (Å²) >= 11 is 4.63. The standard InChI is InChI=1S/C13H14BrN3O2S/c14-10-7-6-9(19-10)11(18)15-13-17-16-12(20-13)8-4-2-1-3-5-8/h6-8H,1-5H2,(H,15,17,18). The van der Waals surface area contributed by atoms with Crippen LogP contribution in [0.2, 0.25) is 0 Å². The molecule has 1 fully saturated rings. The predicted octanol–water partition coefficient (Wildman–Crippen LogP) is 4.19. The summed E-state index contributed by atoms with van der Waals surface area (Å²) in [5.74, 6) is 0.456. The monoisotopic (exact) mass is 355 g/mol. The highest BCUT2D eigenvalue weighted by molar-refractivity contribution is 9.10. The number of nitrogens with one attached hydrogen (secondary N) is 1. The van der Waals surface area contributed by atoms with Crippen molar-refractivity contribution in [1.82, 2.24) is 10.2 Å². The number of halogens is 1. The first-order chi connectivity index (χ1) is 9.72. The largest absolute Gasteiger partial charge is 0.444 e. The van der Waals surface area contributed by atoms with Gasteiger partial charge in [0.25, 0.3) is 5.91 Å². The van der Waals surface area contributed by atoms with Crippen LogP contribution in [0, 0.1) is 0 Å². The Balaban J connectivity index is 1.66. The third-order valence-corrected chi connectivity index (χ3v) is 4.84. The Bertz CT molecular complexity index is 604. The summed E-state index contributed by atoms with van der Waals surface area (Å²) in [4.78, 5) is 11.9. The first-order valence-corrected chi connectivity index (χ1v) is 8.23. The molecule has 0 aromatic carbocycles. The number of furan rings is 1. The fraction of sp³-hybridized carbons (Fsp3) is 0.462. The number of rotatable bonds is 3. The Morgan fingerprint density at radius 2 is 2.10 bits per heavy atom. The fourth-order valence-electron chi connectivity index (χ4n) is 2.39. The van der Waals surface area contributed by atoms with Gasteiger partial charge in [0.1, 0.15) is 5.01 Å². The van der Waals surface area contributed by atoms with E-state index in [1.165, 1.54) is 43.4 Å². The van der Waals surface area contributed by atoms with E-state index in [4.69, 9.17) is 4.42 Å². The Kier molecular flexibility index (Phi) is 4.16. The number of nitrogens with zero attached hydrogens (tertiary/aromatic N) is 2. The summed E-state index contributed by atoms with van der Waals surface area (Å²) in [5.41, 5.74) is 0. The molecule has 1 aliphatic rings. The summed E-state index contributed by atoms with van der Waals surface area (Å²) in [7, 11) is 0. The zero-order chi connectivity index (χ0) is 13.9. The molecule has 0 unspecified atom stereocenters. The van der Waals surface area contributed by atoms with Crippen molar-refractivity contribution in [2.24, 2.45) is 0 Å². The molecule has 2 heterocycles. The van der Waals surface area contributed by atoms with Gasteiger partial charge in [0.15, 0.2) is 10.4 Å². The van der Waals surface area contributed by atoms with Gasteiger partial charge in [-0.1, -0.05) is 30.6 Å². The summed E-state index contributed by atoms with van der Waals surface area (Å²) in [5, 5.41) is 12.5. The van der Waals surface area contributed by atoms with Crippen molar-refractivity contribution in [2.45, 2.75) is 38.0 Å². The van der Waals surface area contributed by atoms with Gasteiger partial charge >= 0.3 is 0 Å². The molecule has 5 nitrogen and oxygen atoms in total. The molecule has 1 aliphatic carbocycles.